The van der Waals surface area contributed by atoms with Crippen LogP contribution in [0.4, 0.5) is 8.78 Å². The van der Waals surface area contributed by atoms with Crippen LogP contribution in [0.1, 0.15) is 23.4 Å². The van der Waals surface area contributed by atoms with Crippen molar-refractivity contribution in [3.63, 3.8) is 0 Å². The van der Waals surface area contributed by atoms with E-state index in [1.54, 1.807) is 6.92 Å². The van der Waals surface area contributed by atoms with Crippen molar-refractivity contribution in [2.24, 2.45) is 0 Å². The van der Waals surface area contributed by atoms with Crippen molar-refractivity contribution in [1.82, 2.24) is 14.7 Å². The highest BCUT2D eigenvalue weighted by Gasteiger charge is 2.18. The van der Waals surface area contributed by atoms with E-state index in [-0.39, 0.29) is 32.0 Å². The third kappa shape index (κ3) is 5.10. The Bertz CT molecular complexity index is 789. The Morgan fingerprint density at radius 1 is 1.20 bits per heavy atom. The van der Waals surface area contributed by atoms with E-state index in [0.717, 1.165) is 23.5 Å². The van der Waals surface area contributed by atoms with Crippen LogP contribution in [0.2, 0.25) is 0 Å². The van der Waals surface area contributed by atoms with Gasteiger partial charge in [-0.25, -0.2) is 8.78 Å². The minimum atomic E-state index is -1.05. The van der Waals surface area contributed by atoms with Crippen molar-refractivity contribution >= 4 is 11.9 Å². The summed E-state index contributed by atoms with van der Waals surface area (Å²) in [4.78, 5) is 24.7. The maximum Gasteiger partial charge on any atom is 0.305 e. The number of hydrogen-bond donors (Lipinski definition) is 1. The van der Waals surface area contributed by atoms with Gasteiger partial charge in [0.2, 0.25) is 5.91 Å². The number of carboxylic acid groups (broad SMARTS) is 1. The predicted octanol–water partition coefficient (Wildman–Crippen LogP) is 2.28. The van der Waals surface area contributed by atoms with E-state index >= 15 is 0 Å². The molecule has 1 aromatic heterocycles. The Balaban J connectivity index is 2.15. The van der Waals surface area contributed by atoms with Crippen molar-refractivity contribution in [3.05, 3.63) is 52.9 Å². The van der Waals surface area contributed by atoms with Gasteiger partial charge in [0.1, 0.15) is 6.54 Å². The molecule has 0 atom stereocenters. The maximum absolute atomic E-state index is 13.4. The highest BCUT2D eigenvalue weighted by Crippen LogP contribution is 2.12. The molecule has 1 N–H and O–H groups in total. The smallest absolute Gasteiger partial charge is 0.305 e. The standard InChI is InChI=1S/C17H19F2N3O3/c1-11-7-12(2)22(20-11)10-16(23)21(6-5-17(24)25)9-13-3-4-14(18)15(19)8-13/h3-4,7-8H,5-6,9-10H2,1-2H3,(H,24,25). The lowest BCUT2D eigenvalue weighted by Crippen LogP contribution is -2.35. The molecule has 0 aliphatic carbocycles. The lowest BCUT2D eigenvalue weighted by Gasteiger charge is -2.22. The fourth-order valence-corrected chi connectivity index (χ4v) is 2.44. The number of nitrogens with zero attached hydrogens (tertiary/aromatic N) is 3. The minimum absolute atomic E-state index is 0.0113. The monoisotopic (exact) mass is 351 g/mol. The third-order valence-corrected chi connectivity index (χ3v) is 3.69. The lowest BCUT2D eigenvalue weighted by molar-refractivity contribution is -0.139. The van der Waals surface area contributed by atoms with Gasteiger partial charge in [0.25, 0.3) is 0 Å². The van der Waals surface area contributed by atoms with Gasteiger partial charge < -0.3 is 10.0 Å². The zero-order valence-electron chi connectivity index (χ0n) is 14.0. The number of carbonyl (C=O) groups excluding carboxylic acids is 1. The number of aryl methyl sites for hydroxylation is 2. The predicted molar refractivity (Wildman–Crippen MR) is 85.7 cm³/mol. The number of halogens is 2. The van der Waals surface area contributed by atoms with Crippen molar-refractivity contribution < 1.29 is 23.5 Å². The third-order valence-electron chi connectivity index (χ3n) is 3.69. The van der Waals surface area contributed by atoms with Gasteiger partial charge in [0.15, 0.2) is 11.6 Å². The Hall–Kier alpha value is -2.77. The average Bonchev–Trinajstić information content (AvgIpc) is 2.84. The van der Waals surface area contributed by atoms with Crippen LogP contribution in [0, 0.1) is 25.5 Å². The fraction of sp³-hybridized carbons (Fsp3) is 0.353. The normalized spacial score (nSPS) is 10.7. The summed E-state index contributed by atoms with van der Waals surface area (Å²) in [5.41, 5.74) is 1.95. The molecule has 0 saturated heterocycles. The fourth-order valence-electron chi connectivity index (χ4n) is 2.44. The molecule has 0 bridgehead atoms. The second-order valence-corrected chi connectivity index (χ2v) is 5.79. The van der Waals surface area contributed by atoms with E-state index in [1.165, 1.54) is 15.6 Å². The molecule has 25 heavy (non-hydrogen) atoms. The van der Waals surface area contributed by atoms with Gasteiger partial charge in [-0.2, -0.15) is 5.10 Å². The van der Waals surface area contributed by atoms with E-state index in [2.05, 4.69) is 5.10 Å². The molecule has 0 aliphatic rings. The summed E-state index contributed by atoms with van der Waals surface area (Å²) in [6, 6.07) is 5.16. The number of aliphatic carboxylic acids is 1. The minimum Gasteiger partial charge on any atom is -0.481 e. The van der Waals surface area contributed by atoms with Crippen LogP contribution in [0.3, 0.4) is 0 Å². The number of hydrogen-bond acceptors (Lipinski definition) is 3. The average molecular weight is 351 g/mol. The molecule has 6 nitrogen and oxygen atoms in total. The van der Waals surface area contributed by atoms with Crippen LogP contribution in [0.15, 0.2) is 24.3 Å². The quantitative estimate of drug-likeness (QED) is 0.830. The first-order valence-electron chi connectivity index (χ1n) is 7.71. The molecule has 0 radical (unpaired) electrons. The van der Waals surface area contributed by atoms with Crippen molar-refractivity contribution in [2.45, 2.75) is 33.4 Å². The molecule has 0 aliphatic heterocycles. The van der Waals surface area contributed by atoms with Crippen LogP contribution in [0.5, 0.6) is 0 Å². The van der Waals surface area contributed by atoms with Crippen LogP contribution in [-0.2, 0) is 22.7 Å². The molecule has 2 rings (SSSR count). The van der Waals surface area contributed by atoms with Gasteiger partial charge in [0, 0.05) is 18.8 Å². The molecule has 2 aromatic rings. The molecule has 1 aromatic carbocycles. The lowest BCUT2D eigenvalue weighted by atomic mass is 10.2. The van der Waals surface area contributed by atoms with Crippen molar-refractivity contribution in [1.29, 1.82) is 0 Å². The molecule has 0 fully saturated rings. The van der Waals surface area contributed by atoms with Crippen molar-refractivity contribution in [3.8, 4) is 0 Å². The summed E-state index contributed by atoms with van der Waals surface area (Å²) < 4.78 is 27.9. The first-order valence-corrected chi connectivity index (χ1v) is 7.71. The Kier molecular flexibility index (Phi) is 5.84. The largest absolute Gasteiger partial charge is 0.481 e. The van der Waals surface area contributed by atoms with E-state index < -0.39 is 17.6 Å². The number of benzene rings is 1. The molecular weight excluding hydrogens is 332 g/mol. The number of aromatic nitrogens is 2. The Morgan fingerprint density at radius 2 is 1.92 bits per heavy atom. The van der Waals surface area contributed by atoms with Gasteiger partial charge >= 0.3 is 5.97 Å². The highest BCUT2D eigenvalue weighted by molar-refractivity contribution is 5.77. The molecule has 0 spiro atoms. The van der Waals surface area contributed by atoms with Crippen LogP contribution in [-0.4, -0.2) is 38.2 Å². The van der Waals surface area contributed by atoms with E-state index in [0.29, 0.717) is 5.56 Å². The molecule has 8 heteroatoms. The van der Waals surface area contributed by atoms with Gasteiger partial charge in [-0.15, -0.1) is 0 Å². The SMILES string of the molecule is Cc1cc(C)n(CC(=O)N(CCC(=O)O)Cc2ccc(F)c(F)c2)n1. The van der Waals surface area contributed by atoms with Gasteiger partial charge in [-0.3, -0.25) is 14.3 Å². The number of amides is 1. The van der Waals surface area contributed by atoms with Crippen LogP contribution in [0.25, 0.3) is 0 Å². The summed E-state index contributed by atoms with van der Waals surface area (Å²) in [7, 11) is 0. The first kappa shape index (κ1) is 18.6. The number of carbonyl (C=O) groups is 2. The number of carboxylic acids is 1. The van der Waals surface area contributed by atoms with E-state index in [1.807, 2.05) is 13.0 Å². The van der Waals surface area contributed by atoms with Gasteiger partial charge in [0.05, 0.1) is 12.1 Å². The molecular formula is C17H19F2N3O3. The van der Waals surface area contributed by atoms with E-state index in [9.17, 15) is 18.4 Å². The maximum atomic E-state index is 13.4. The van der Waals surface area contributed by atoms with Gasteiger partial charge in [-0.1, -0.05) is 6.07 Å². The summed E-state index contributed by atoms with van der Waals surface area (Å²) >= 11 is 0. The molecule has 1 amide bonds. The van der Waals surface area contributed by atoms with Crippen LogP contribution >= 0.6 is 0 Å². The topological polar surface area (TPSA) is 75.4 Å². The Morgan fingerprint density at radius 3 is 2.48 bits per heavy atom. The second kappa shape index (κ2) is 7.87. The van der Waals surface area contributed by atoms with E-state index in [4.69, 9.17) is 5.11 Å². The first-order chi connectivity index (χ1) is 11.8. The summed E-state index contributed by atoms with van der Waals surface area (Å²) in [5.74, 6) is -3.39. The Labute approximate surface area is 143 Å². The van der Waals surface area contributed by atoms with Crippen molar-refractivity contribution in [2.75, 3.05) is 6.54 Å². The number of rotatable bonds is 7. The zero-order chi connectivity index (χ0) is 18.6. The highest BCUT2D eigenvalue weighted by atomic mass is 19.2. The summed E-state index contributed by atoms with van der Waals surface area (Å²) in [6.07, 6.45) is -0.244. The molecule has 0 saturated carbocycles. The second-order valence-electron chi connectivity index (χ2n) is 5.79. The molecule has 0 unspecified atom stereocenters. The summed E-state index contributed by atoms with van der Waals surface area (Å²) in [5, 5.41) is 13.1. The zero-order valence-corrected chi connectivity index (χ0v) is 14.0. The van der Waals surface area contributed by atoms with Gasteiger partial charge in [-0.05, 0) is 37.6 Å². The molecule has 134 valence electrons. The van der Waals surface area contributed by atoms with Crippen LogP contribution < -0.4 is 0 Å². The summed E-state index contributed by atoms with van der Waals surface area (Å²) in [6.45, 7) is 3.51. The molecule has 1 heterocycles.